The van der Waals surface area contributed by atoms with Gasteiger partial charge < -0.3 is 14.5 Å². The van der Waals surface area contributed by atoms with Crippen molar-refractivity contribution in [2.45, 2.75) is 74.3 Å². The molecule has 1 aromatic carbocycles. The second-order valence-electron chi connectivity index (χ2n) is 12.9. The molecule has 0 saturated carbocycles. The number of carbonyl (C=O) groups excluding carboxylic acids is 1. The molecule has 44 heavy (non-hydrogen) atoms. The lowest BCUT2D eigenvalue weighted by Gasteiger charge is -2.47. The maximum atomic E-state index is 17.1. The van der Waals surface area contributed by atoms with Crippen molar-refractivity contribution in [1.82, 2.24) is 19.8 Å². The molecule has 8 nitrogen and oxygen atoms in total. The Balaban J connectivity index is 1.25. The molecule has 1 aromatic heterocycles. The molecule has 5 aliphatic rings. The van der Waals surface area contributed by atoms with Crippen LogP contribution in [0.5, 0.6) is 6.01 Å². The molecular formula is C32H34ClF3N6O2. The molecule has 3 aliphatic heterocycles. The summed E-state index contributed by atoms with van der Waals surface area (Å²) in [5.41, 5.74) is 1.66. The third-order valence-electron chi connectivity index (χ3n) is 10.6. The van der Waals surface area contributed by atoms with Crippen LogP contribution < -0.4 is 9.64 Å². The third kappa shape index (κ3) is 4.55. The van der Waals surface area contributed by atoms with Crippen molar-refractivity contribution < 1.29 is 22.7 Å². The average Bonchev–Trinajstić information content (AvgIpc) is 3.49. The number of aromatic nitrogens is 2. The van der Waals surface area contributed by atoms with Gasteiger partial charge in [-0.05, 0) is 49.3 Å². The van der Waals surface area contributed by atoms with E-state index in [-0.39, 0.29) is 37.8 Å². The molecule has 2 aliphatic carbocycles. The van der Waals surface area contributed by atoms with Crippen molar-refractivity contribution in [2.75, 3.05) is 44.2 Å². The largest absolute Gasteiger partial charge is 0.461 e. The first-order chi connectivity index (χ1) is 21.2. The summed E-state index contributed by atoms with van der Waals surface area (Å²) in [6, 6.07) is 7.18. The van der Waals surface area contributed by atoms with Crippen molar-refractivity contribution in [3.63, 3.8) is 0 Å². The molecule has 1 spiro atoms. The quantitative estimate of drug-likeness (QED) is 0.420. The summed E-state index contributed by atoms with van der Waals surface area (Å²) < 4.78 is 51.4. The van der Waals surface area contributed by atoms with E-state index in [1.165, 1.54) is 4.90 Å². The Labute approximate surface area is 259 Å². The van der Waals surface area contributed by atoms with Gasteiger partial charge >= 0.3 is 6.01 Å². The van der Waals surface area contributed by atoms with Crippen LogP contribution in [0.2, 0.25) is 5.02 Å². The number of halogens is 4. The maximum Gasteiger partial charge on any atom is 0.318 e. The summed E-state index contributed by atoms with van der Waals surface area (Å²) in [5, 5.41) is 10.1. The number of amides is 1. The first-order valence-electron chi connectivity index (χ1n) is 15.3. The van der Waals surface area contributed by atoms with E-state index >= 15 is 4.39 Å². The van der Waals surface area contributed by atoms with Crippen molar-refractivity contribution in [3.05, 3.63) is 58.0 Å². The van der Waals surface area contributed by atoms with Crippen LogP contribution in [0.4, 0.5) is 19.0 Å². The lowest BCUT2D eigenvalue weighted by Crippen LogP contribution is -2.59. The van der Waals surface area contributed by atoms with Crippen molar-refractivity contribution >= 4 is 23.3 Å². The summed E-state index contributed by atoms with van der Waals surface area (Å²) in [7, 11) is 0. The molecule has 5 atom stereocenters. The SMILES string of the molecule is C=C(F)C(=O)N1CCN(c2nc(OCC34CCN3C[C@H](F)C4)nc3c2CC[C@@]2(CCc4c(Cl)cccc42)C3F)C[C@@H]1CC#N. The summed E-state index contributed by atoms with van der Waals surface area (Å²) in [6.07, 6.45) is 1.17. The highest BCUT2D eigenvalue weighted by Crippen LogP contribution is 2.57. The monoisotopic (exact) mass is 626 g/mol. The minimum absolute atomic E-state index is 0.0126. The molecule has 12 heteroatoms. The van der Waals surface area contributed by atoms with Gasteiger partial charge in [0.25, 0.3) is 5.91 Å². The summed E-state index contributed by atoms with van der Waals surface area (Å²) in [4.78, 5) is 27.3. The zero-order valence-corrected chi connectivity index (χ0v) is 25.1. The molecule has 3 saturated heterocycles. The molecule has 3 fully saturated rings. The highest BCUT2D eigenvalue weighted by atomic mass is 35.5. The number of benzene rings is 1. The lowest BCUT2D eigenvalue weighted by molar-refractivity contribution is -0.131. The van der Waals surface area contributed by atoms with E-state index in [0.717, 1.165) is 24.1 Å². The molecular weight excluding hydrogens is 593 g/mol. The van der Waals surface area contributed by atoms with Gasteiger partial charge in [0.15, 0.2) is 12.0 Å². The molecule has 2 aromatic rings. The fraction of sp³-hybridized carbons (Fsp3) is 0.562. The van der Waals surface area contributed by atoms with Crippen LogP contribution in [0.3, 0.4) is 0 Å². The number of fused-ring (bicyclic) bond motifs is 4. The predicted octanol–water partition coefficient (Wildman–Crippen LogP) is 4.95. The van der Waals surface area contributed by atoms with E-state index in [4.69, 9.17) is 21.3 Å². The first kappa shape index (κ1) is 29.4. The Bertz CT molecular complexity index is 1570. The number of alkyl halides is 2. The molecule has 4 heterocycles. The topological polar surface area (TPSA) is 85.6 Å². The van der Waals surface area contributed by atoms with Gasteiger partial charge in [0.2, 0.25) is 0 Å². The van der Waals surface area contributed by atoms with Gasteiger partial charge in [0.1, 0.15) is 18.6 Å². The van der Waals surface area contributed by atoms with Crippen molar-refractivity contribution in [2.24, 2.45) is 0 Å². The Morgan fingerprint density at radius 3 is 2.64 bits per heavy atom. The van der Waals surface area contributed by atoms with E-state index in [2.05, 4.69) is 22.5 Å². The molecule has 7 rings (SSSR count). The normalized spacial score (nSPS) is 30.8. The van der Waals surface area contributed by atoms with Gasteiger partial charge in [-0.3, -0.25) is 9.69 Å². The van der Waals surface area contributed by atoms with Crippen molar-refractivity contribution in [3.8, 4) is 12.1 Å². The minimum atomic E-state index is -1.44. The summed E-state index contributed by atoms with van der Waals surface area (Å²) in [6.45, 7) is 5.18. The fourth-order valence-corrected chi connectivity index (χ4v) is 8.52. The number of hydrogen-bond donors (Lipinski definition) is 0. The van der Waals surface area contributed by atoms with E-state index in [1.807, 2.05) is 23.1 Å². The molecule has 232 valence electrons. The van der Waals surface area contributed by atoms with Crippen LogP contribution in [0, 0.1) is 11.3 Å². The van der Waals surface area contributed by atoms with Gasteiger partial charge in [0.05, 0.1) is 29.8 Å². The third-order valence-corrected chi connectivity index (χ3v) is 11.0. The number of rotatable bonds is 6. The first-order valence-corrected chi connectivity index (χ1v) is 15.7. The minimum Gasteiger partial charge on any atom is -0.461 e. The molecule has 1 amide bonds. The van der Waals surface area contributed by atoms with E-state index in [1.54, 1.807) is 0 Å². The Kier molecular flexibility index (Phi) is 7.28. The number of nitriles is 1. The highest BCUT2D eigenvalue weighted by molar-refractivity contribution is 6.31. The zero-order chi connectivity index (χ0) is 30.8. The maximum absolute atomic E-state index is 17.1. The predicted molar refractivity (Wildman–Crippen MR) is 158 cm³/mol. The molecule has 0 bridgehead atoms. The van der Waals surface area contributed by atoms with E-state index < -0.39 is 41.1 Å². The van der Waals surface area contributed by atoms with Crippen LogP contribution in [-0.4, -0.2) is 82.8 Å². The number of hydrogen-bond acceptors (Lipinski definition) is 7. The lowest BCUT2D eigenvalue weighted by atomic mass is 9.68. The highest BCUT2D eigenvalue weighted by Gasteiger charge is 2.54. The van der Waals surface area contributed by atoms with Crippen LogP contribution in [0.25, 0.3) is 0 Å². The number of ether oxygens (including phenoxy) is 1. The Morgan fingerprint density at radius 1 is 1.14 bits per heavy atom. The Morgan fingerprint density at radius 2 is 1.93 bits per heavy atom. The van der Waals surface area contributed by atoms with Crippen LogP contribution in [0.15, 0.2) is 30.6 Å². The van der Waals surface area contributed by atoms with Crippen LogP contribution >= 0.6 is 11.6 Å². The van der Waals surface area contributed by atoms with Gasteiger partial charge in [0, 0.05) is 55.1 Å². The molecule has 2 unspecified atom stereocenters. The number of piperazine rings is 1. The average molecular weight is 627 g/mol. The van der Waals surface area contributed by atoms with Crippen LogP contribution in [-0.2, 0) is 23.1 Å². The van der Waals surface area contributed by atoms with E-state index in [0.29, 0.717) is 61.6 Å². The fourth-order valence-electron chi connectivity index (χ4n) is 8.26. The van der Waals surface area contributed by atoms with Gasteiger partial charge in [-0.2, -0.15) is 15.2 Å². The summed E-state index contributed by atoms with van der Waals surface area (Å²) >= 11 is 6.52. The zero-order valence-electron chi connectivity index (χ0n) is 24.4. The van der Waals surface area contributed by atoms with Gasteiger partial charge in [-0.1, -0.05) is 30.3 Å². The standard InChI is InChI=1S/C32H34ClF3N6O2/c1-19(34)29(43)42-14-13-40(17-21(42)7-11-37)28-23-6-9-32(8-5-22-24(32)3-2-4-25(22)33)27(36)26(23)38-30(39-28)44-18-31-10-12-41(31)16-20(35)15-31/h2-4,20-21,27H,1,5-10,12-18H2/t20-,21+,27?,31?,32-/m1/s1. The van der Waals surface area contributed by atoms with E-state index in [9.17, 15) is 18.8 Å². The molecule has 0 radical (unpaired) electrons. The number of nitrogens with zero attached hydrogens (tertiary/aromatic N) is 6. The van der Waals surface area contributed by atoms with Crippen molar-refractivity contribution in [1.29, 1.82) is 5.26 Å². The Hall–Kier alpha value is -3.36. The summed E-state index contributed by atoms with van der Waals surface area (Å²) in [5.74, 6) is -1.42. The van der Waals surface area contributed by atoms with Crippen LogP contribution in [0.1, 0.15) is 60.7 Å². The molecule has 0 N–H and O–H groups in total. The van der Waals surface area contributed by atoms with Gasteiger partial charge in [-0.25, -0.2) is 13.2 Å². The second kappa shape index (κ2) is 10.9. The van der Waals surface area contributed by atoms with Gasteiger partial charge in [-0.15, -0.1) is 0 Å². The smallest absolute Gasteiger partial charge is 0.318 e. The number of anilines is 1. The second-order valence-corrected chi connectivity index (χ2v) is 13.3. The number of carbonyl (C=O) groups is 1.